The zero-order valence-corrected chi connectivity index (χ0v) is 10.1. The summed E-state index contributed by atoms with van der Waals surface area (Å²) in [4.78, 5) is 4.21. The first-order valence-electron chi connectivity index (χ1n) is 4.15. The molecular formula is C9H11BrClN3. The van der Waals surface area contributed by atoms with Crippen LogP contribution in [0.5, 0.6) is 0 Å². The maximum Gasteiger partial charge on any atom is 0.143 e. The van der Waals surface area contributed by atoms with Crippen molar-refractivity contribution >= 4 is 33.4 Å². The lowest BCUT2D eigenvalue weighted by Gasteiger charge is -2.07. The molecule has 0 spiro atoms. The third-order valence-electron chi connectivity index (χ3n) is 1.64. The number of nitrogens with zero attached hydrogens (tertiary/aromatic N) is 1. The van der Waals surface area contributed by atoms with Crippen LogP contribution in [-0.4, -0.2) is 12.4 Å². The molecule has 0 amide bonds. The molecule has 1 rings (SSSR count). The third-order valence-corrected chi connectivity index (χ3v) is 2.56. The highest BCUT2D eigenvalue weighted by Crippen LogP contribution is 2.21. The molecule has 0 aromatic heterocycles. The molecular weight excluding hydrogens is 265 g/mol. The Balaban J connectivity index is 3.15. The summed E-state index contributed by atoms with van der Waals surface area (Å²) in [5, 5.41) is 0.655. The molecule has 0 bridgehead atoms. The fourth-order valence-corrected chi connectivity index (χ4v) is 1.65. The van der Waals surface area contributed by atoms with Gasteiger partial charge in [0.25, 0.3) is 0 Å². The minimum atomic E-state index is 0.627. The van der Waals surface area contributed by atoms with Crippen LogP contribution in [0, 0.1) is 0 Å². The van der Waals surface area contributed by atoms with Crippen molar-refractivity contribution in [2.75, 3.05) is 6.54 Å². The molecule has 0 aliphatic heterocycles. The van der Waals surface area contributed by atoms with Crippen LogP contribution >= 0.6 is 27.5 Å². The van der Waals surface area contributed by atoms with Crippen LogP contribution in [-0.2, 0) is 0 Å². The molecule has 3 nitrogen and oxygen atoms in total. The summed E-state index contributed by atoms with van der Waals surface area (Å²) < 4.78 is 0.909. The van der Waals surface area contributed by atoms with Gasteiger partial charge in [-0.15, -0.1) is 0 Å². The maximum absolute atomic E-state index is 5.87. The van der Waals surface area contributed by atoms with Gasteiger partial charge in [-0.05, 0) is 25.1 Å². The van der Waals surface area contributed by atoms with Gasteiger partial charge in [0.1, 0.15) is 5.84 Å². The molecule has 0 saturated carbocycles. The number of amidine groups is 1. The SMILES string of the molecule is CCN=C(NN)c1cc(Cl)ccc1Br. The van der Waals surface area contributed by atoms with Crippen LogP contribution in [0.15, 0.2) is 27.7 Å². The zero-order valence-electron chi connectivity index (χ0n) is 7.72. The van der Waals surface area contributed by atoms with Gasteiger partial charge in [0.2, 0.25) is 0 Å². The minimum Gasteiger partial charge on any atom is -0.308 e. The van der Waals surface area contributed by atoms with Crippen LogP contribution in [0.4, 0.5) is 0 Å². The molecule has 0 aliphatic carbocycles. The number of hydrazine groups is 1. The number of nitrogens with one attached hydrogen (secondary N) is 1. The molecule has 76 valence electrons. The number of hydrogen-bond donors (Lipinski definition) is 2. The Bertz CT molecular complexity index is 352. The number of nitrogens with two attached hydrogens (primary N) is 1. The predicted molar refractivity (Wildman–Crippen MR) is 63.6 cm³/mol. The van der Waals surface area contributed by atoms with Crippen molar-refractivity contribution in [3.8, 4) is 0 Å². The molecule has 0 saturated heterocycles. The molecule has 1 aromatic rings. The van der Waals surface area contributed by atoms with E-state index in [1.165, 1.54) is 0 Å². The highest BCUT2D eigenvalue weighted by Gasteiger charge is 2.06. The summed E-state index contributed by atoms with van der Waals surface area (Å²) in [6.07, 6.45) is 0. The third kappa shape index (κ3) is 2.70. The second-order valence-electron chi connectivity index (χ2n) is 2.59. The van der Waals surface area contributed by atoms with Gasteiger partial charge in [-0.25, -0.2) is 5.84 Å². The normalized spacial score (nSPS) is 11.6. The molecule has 0 atom stereocenters. The molecule has 0 aliphatic rings. The second-order valence-corrected chi connectivity index (χ2v) is 3.88. The molecule has 0 unspecified atom stereocenters. The van der Waals surface area contributed by atoms with Gasteiger partial charge in [-0.3, -0.25) is 4.99 Å². The summed E-state index contributed by atoms with van der Waals surface area (Å²) in [6.45, 7) is 2.61. The van der Waals surface area contributed by atoms with E-state index in [9.17, 15) is 0 Å². The first-order chi connectivity index (χ1) is 6.69. The molecule has 3 N–H and O–H groups in total. The number of benzene rings is 1. The average molecular weight is 277 g/mol. The van der Waals surface area contributed by atoms with E-state index in [0.29, 0.717) is 17.4 Å². The molecule has 0 heterocycles. The number of aliphatic imine (C=N–C) groups is 1. The fraction of sp³-hybridized carbons (Fsp3) is 0.222. The van der Waals surface area contributed by atoms with Gasteiger partial charge >= 0.3 is 0 Å². The van der Waals surface area contributed by atoms with Gasteiger partial charge in [0.15, 0.2) is 0 Å². The van der Waals surface area contributed by atoms with Crippen molar-refractivity contribution in [3.63, 3.8) is 0 Å². The van der Waals surface area contributed by atoms with E-state index in [2.05, 4.69) is 26.3 Å². The van der Waals surface area contributed by atoms with Crippen molar-refractivity contribution in [2.45, 2.75) is 6.92 Å². The molecule has 5 heteroatoms. The fourth-order valence-electron chi connectivity index (χ4n) is 1.05. The van der Waals surface area contributed by atoms with Crippen molar-refractivity contribution < 1.29 is 0 Å². The Hall–Kier alpha value is -0.580. The monoisotopic (exact) mass is 275 g/mol. The summed E-state index contributed by atoms with van der Waals surface area (Å²) in [6, 6.07) is 5.47. The lowest BCUT2D eigenvalue weighted by atomic mass is 10.2. The Morgan fingerprint density at radius 3 is 2.93 bits per heavy atom. The van der Waals surface area contributed by atoms with E-state index >= 15 is 0 Å². The largest absolute Gasteiger partial charge is 0.308 e. The van der Waals surface area contributed by atoms with E-state index in [-0.39, 0.29) is 0 Å². The second kappa shape index (κ2) is 5.34. The summed E-state index contributed by atoms with van der Waals surface area (Å²) in [5.74, 6) is 5.99. The lowest BCUT2D eigenvalue weighted by molar-refractivity contribution is 0.990. The smallest absolute Gasteiger partial charge is 0.143 e. The van der Waals surface area contributed by atoms with E-state index < -0.39 is 0 Å². The van der Waals surface area contributed by atoms with Crippen LogP contribution in [0.25, 0.3) is 0 Å². The number of halogens is 2. The van der Waals surface area contributed by atoms with Gasteiger partial charge in [-0.2, -0.15) is 0 Å². The van der Waals surface area contributed by atoms with Crippen LogP contribution < -0.4 is 11.3 Å². The maximum atomic E-state index is 5.87. The summed E-state index contributed by atoms with van der Waals surface area (Å²) in [7, 11) is 0. The highest BCUT2D eigenvalue weighted by atomic mass is 79.9. The first kappa shape index (κ1) is 11.5. The predicted octanol–water partition coefficient (Wildman–Crippen LogP) is 2.33. The topological polar surface area (TPSA) is 50.4 Å². The standard InChI is InChI=1S/C9H11BrClN3/c1-2-13-9(14-12)7-5-6(11)3-4-8(7)10/h3-5H,2,12H2,1H3,(H,13,14). The Morgan fingerprint density at radius 1 is 1.64 bits per heavy atom. The van der Waals surface area contributed by atoms with E-state index in [1.54, 1.807) is 12.1 Å². The van der Waals surface area contributed by atoms with E-state index in [0.717, 1.165) is 10.0 Å². The van der Waals surface area contributed by atoms with Crippen LogP contribution in [0.2, 0.25) is 5.02 Å². The van der Waals surface area contributed by atoms with Crippen molar-refractivity contribution in [3.05, 3.63) is 33.3 Å². The quantitative estimate of drug-likeness (QED) is 0.377. The molecule has 1 aromatic carbocycles. The summed E-state index contributed by atoms with van der Waals surface area (Å²) >= 11 is 9.28. The molecule has 0 fully saturated rings. The van der Waals surface area contributed by atoms with Crippen molar-refractivity contribution in [1.29, 1.82) is 0 Å². The average Bonchev–Trinajstić information content (AvgIpc) is 2.18. The molecule has 14 heavy (non-hydrogen) atoms. The first-order valence-corrected chi connectivity index (χ1v) is 5.32. The van der Waals surface area contributed by atoms with Gasteiger partial charge < -0.3 is 5.43 Å². The van der Waals surface area contributed by atoms with E-state index in [4.69, 9.17) is 17.4 Å². The van der Waals surface area contributed by atoms with Crippen molar-refractivity contribution in [2.24, 2.45) is 10.8 Å². The zero-order chi connectivity index (χ0) is 10.6. The lowest BCUT2D eigenvalue weighted by Crippen LogP contribution is -2.31. The summed E-state index contributed by atoms with van der Waals surface area (Å²) in [5.41, 5.74) is 3.41. The van der Waals surface area contributed by atoms with Gasteiger partial charge in [-0.1, -0.05) is 27.5 Å². The van der Waals surface area contributed by atoms with Gasteiger partial charge in [0, 0.05) is 21.6 Å². The van der Waals surface area contributed by atoms with Crippen LogP contribution in [0.1, 0.15) is 12.5 Å². The van der Waals surface area contributed by atoms with Gasteiger partial charge in [0.05, 0.1) is 0 Å². The molecule has 0 radical (unpaired) electrons. The highest BCUT2D eigenvalue weighted by molar-refractivity contribution is 9.10. The Labute approximate surface area is 96.5 Å². The minimum absolute atomic E-state index is 0.627. The Kier molecular flexibility index (Phi) is 4.38. The van der Waals surface area contributed by atoms with E-state index in [1.807, 2.05) is 13.0 Å². The number of hydrogen-bond acceptors (Lipinski definition) is 2. The van der Waals surface area contributed by atoms with Crippen LogP contribution in [0.3, 0.4) is 0 Å². The Morgan fingerprint density at radius 2 is 2.36 bits per heavy atom. The van der Waals surface area contributed by atoms with Crippen molar-refractivity contribution in [1.82, 2.24) is 5.43 Å². The number of rotatable bonds is 2.